The molecule has 0 spiro atoms. The molecule has 0 saturated carbocycles. The largest absolute Gasteiger partial charge is 0.486 e. The summed E-state index contributed by atoms with van der Waals surface area (Å²) in [5, 5.41) is 9.41. The van der Waals surface area contributed by atoms with Gasteiger partial charge in [0.15, 0.2) is 11.0 Å². The van der Waals surface area contributed by atoms with E-state index in [1.54, 1.807) is 11.8 Å². The number of aryl methyl sites for hydroxylation is 1. The maximum Gasteiger partial charge on any atom is 0.191 e. The second-order valence-corrected chi connectivity index (χ2v) is 7.27. The first-order chi connectivity index (χ1) is 11.6. The summed E-state index contributed by atoms with van der Waals surface area (Å²) in [7, 11) is 1.97. The van der Waals surface area contributed by atoms with Gasteiger partial charge < -0.3 is 9.30 Å². The molecule has 4 nitrogen and oxygen atoms in total. The van der Waals surface area contributed by atoms with E-state index in [9.17, 15) is 0 Å². The Balaban J connectivity index is 1.61. The van der Waals surface area contributed by atoms with Gasteiger partial charge in [-0.25, -0.2) is 0 Å². The lowest BCUT2D eigenvalue weighted by atomic mass is 10.1. The van der Waals surface area contributed by atoms with E-state index in [1.165, 1.54) is 11.1 Å². The van der Waals surface area contributed by atoms with Gasteiger partial charge in [-0.05, 0) is 42.3 Å². The molecular formula is C18H18BrN3OS. The molecule has 2 aromatic carbocycles. The maximum absolute atomic E-state index is 5.77. The van der Waals surface area contributed by atoms with E-state index in [-0.39, 0.29) is 0 Å². The minimum absolute atomic E-state index is 0.399. The van der Waals surface area contributed by atoms with Gasteiger partial charge in [0.05, 0.1) is 0 Å². The molecule has 124 valence electrons. The second kappa shape index (κ2) is 7.85. The third-order valence-corrected chi connectivity index (χ3v) is 5.32. The molecule has 0 fully saturated rings. The third-order valence-electron chi connectivity index (χ3n) is 3.72. The highest BCUT2D eigenvalue weighted by Gasteiger charge is 2.10. The van der Waals surface area contributed by atoms with Crippen molar-refractivity contribution in [1.29, 1.82) is 0 Å². The summed E-state index contributed by atoms with van der Waals surface area (Å²) in [4.78, 5) is 0. The lowest BCUT2D eigenvalue weighted by molar-refractivity contribution is 0.290. The summed E-state index contributed by atoms with van der Waals surface area (Å²) < 4.78 is 8.79. The van der Waals surface area contributed by atoms with Gasteiger partial charge >= 0.3 is 0 Å². The Morgan fingerprint density at radius 3 is 2.58 bits per heavy atom. The average Bonchev–Trinajstić information content (AvgIpc) is 2.94. The molecule has 1 aromatic heterocycles. The molecule has 24 heavy (non-hydrogen) atoms. The van der Waals surface area contributed by atoms with E-state index < -0.39 is 0 Å². The summed E-state index contributed by atoms with van der Waals surface area (Å²) >= 11 is 5.10. The van der Waals surface area contributed by atoms with Crippen LogP contribution in [-0.4, -0.2) is 14.8 Å². The maximum atomic E-state index is 5.77. The highest BCUT2D eigenvalue weighted by Crippen LogP contribution is 2.23. The molecule has 0 radical (unpaired) electrons. The van der Waals surface area contributed by atoms with Crippen LogP contribution in [0.15, 0.2) is 58.2 Å². The minimum Gasteiger partial charge on any atom is -0.486 e. The highest BCUT2D eigenvalue weighted by molar-refractivity contribution is 9.10. The number of nitrogens with zero attached hydrogens (tertiary/aromatic N) is 3. The topological polar surface area (TPSA) is 39.9 Å². The lowest BCUT2D eigenvalue weighted by Crippen LogP contribution is -2.04. The fourth-order valence-corrected chi connectivity index (χ4v) is 3.46. The first-order valence-corrected chi connectivity index (χ1v) is 9.35. The number of ether oxygens (including phenoxy) is 1. The fourth-order valence-electron chi connectivity index (χ4n) is 2.19. The fraction of sp³-hybridized carbons (Fsp3) is 0.222. The van der Waals surface area contributed by atoms with Crippen molar-refractivity contribution >= 4 is 27.7 Å². The van der Waals surface area contributed by atoms with Crippen LogP contribution in [0.3, 0.4) is 0 Å². The Morgan fingerprint density at radius 2 is 1.83 bits per heavy atom. The van der Waals surface area contributed by atoms with Crippen LogP contribution in [0.2, 0.25) is 0 Å². The Morgan fingerprint density at radius 1 is 1.08 bits per heavy atom. The molecule has 0 N–H and O–H groups in total. The molecule has 3 rings (SSSR count). The third kappa shape index (κ3) is 4.19. The normalized spacial score (nSPS) is 10.8. The van der Waals surface area contributed by atoms with Crippen molar-refractivity contribution in [3.8, 4) is 5.75 Å². The van der Waals surface area contributed by atoms with Crippen molar-refractivity contribution in [2.24, 2.45) is 7.05 Å². The predicted molar refractivity (Wildman–Crippen MR) is 100 cm³/mol. The van der Waals surface area contributed by atoms with Gasteiger partial charge in [-0.3, -0.25) is 0 Å². The Bertz CT molecular complexity index is 817. The van der Waals surface area contributed by atoms with Gasteiger partial charge in [0.1, 0.15) is 12.4 Å². The molecule has 0 atom stereocenters. The molecule has 0 bridgehead atoms. The van der Waals surface area contributed by atoms with Crippen LogP contribution in [0.4, 0.5) is 0 Å². The van der Waals surface area contributed by atoms with Crippen LogP contribution in [0.1, 0.15) is 17.0 Å². The van der Waals surface area contributed by atoms with Gasteiger partial charge in [-0.15, -0.1) is 10.2 Å². The molecule has 6 heteroatoms. The average molecular weight is 404 g/mol. The summed E-state index contributed by atoms with van der Waals surface area (Å²) in [5.74, 6) is 2.51. The molecule has 0 unspecified atom stereocenters. The first kappa shape index (κ1) is 17.0. The van der Waals surface area contributed by atoms with E-state index in [1.807, 2.05) is 35.9 Å². The quantitative estimate of drug-likeness (QED) is 0.556. The zero-order chi connectivity index (χ0) is 16.9. The molecule has 0 amide bonds. The van der Waals surface area contributed by atoms with Crippen LogP contribution in [0, 0.1) is 6.92 Å². The summed E-state index contributed by atoms with van der Waals surface area (Å²) in [6.45, 7) is 2.53. The first-order valence-electron chi connectivity index (χ1n) is 7.57. The lowest BCUT2D eigenvalue weighted by Gasteiger charge is -2.07. The van der Waals surface area contributed by atoms with Gasteiger partial charge in [-0.1, -0.05) is 52.0 Å². The summed E-state index contributed by atoms with van der Waals surface area (Å²) in [6.07, 6.45) is 0. The van der Waals surface area contributed by atoms with Crippen LogP contribution in [0.5, 0.6) is 5.75 Å². The van der Waals surface area contributed by atoms with Gasteiger partial charge in [-0.2, -0.15) is 0 Å². The molecule has 3 aromatic rings. The predicted octanol–water partition coefficient (Wildman–Crippen LogP) is 4.76. The Hall–Kier alpha value is -1.79. The monoisotopic (exact) mass is 403 g/mol. The van der Waals surface area contributed by atoms with Crippen molar-refractivity contribution in [2.45, 2.75) is 24.4 Å². The van der Waals surface area contributed by atoms with E-state index >= 15 is 0 Å². The van der Waals surface area contributed by atoms with Gasteiger partial charge in [0.2, 0.25) is 0 Å². The van der Waals surface area contributed by atoms with Crippen LogP contribution in [-0.2, 0) is 19.4 Å². The van der Waals surface area contributed by atoms with Crippen molar-refractivity contribution in [3.05, 3.63) is 70.0 Å². The van der Waals surface area contributed by atoms with Crippen LogP contribution >= 0.6 is 27.7 Å². The molecule has 0 saturated heterocycles. The summed E-state index contributed by atoms with van der Waals surface area (Å²) in [6, 6.07) is 16.2. The number of benzene rings is 2. The van der Waals surface area contributed by atoms with Crippen molar-refractivity contribution in [2.75, 3.05) is 0 Å². The number of thioether (sulfide) groups is 1. The van der Waals surface area contributed by atoms with E-state index in [0.717, 1.165) is 27.0 Å². The van der Waals surface area contributed by atoms with Gasteiger partial charge in [0, 0.05) is 17.3 Å². The standard InChI is InChI=1S/C18H18BrN3OS/c1-13-5-3-4-6-14(13)12-24-18-21-20-17(22(18)2)11-23-16-9-7-15(19)8-10-16/h3-10H,11-12H2,1-2H3. The van der Waals surface area contributed by atoms with E-state index in [2.05, 4.69) is 57.3 Å². The van der Waals surface area contributed by atoms with E-state index in [0.29, 0.717) is 6.61 Å². The Labute approximate surface area is 154 Å². The minimum atomic E-state index is 0.399. The smallest absolute Gasteiger partial charge is 0.191 e. The van der Waals surface area contributed by atoms with E-state index in [4.69, 9.17) is 4.74 Å². The zero-order valence-electron chi connectivity index (χ0n) is 13.6. The second-order valence-electron chi connectivity index (χ2n) is 5.42. The van der Waals surface area contributed by atoms with Crippen LogP contribution in [0.25, 0.3) is 0 Å². The SMILES string of the molecule is Cc1ccccc1CSc1nnc(COc2ccc(Br)cc2)n1C. The van der Waals surface area contributed by atoms with Gasteiger partial charge in [0.25, 0.3) is 0 Å². The molecular weight excluding hydrogens is 386 g/mol. The number of halogens is 1. The number of rotatable bonds is 6. The highest BCUT2D eigenvalue weighted by atomic mass is 79.9. The van der Waals surface area contributed by atoms with Crippen molar-refractivity contribution in [1.82, 2.24) is 14.8 Å². The molecule has 0 aliphatic rings. The summed E-state index contributed by atoms with van der Waals surface area (Å²) in [5.41, 5.74) is 2.61. The van der Waals surface area contributed by atoms with Crippen molar-refractivity contribution in [3.63, 3.8) is 0 Å². The van der Waals surface area contributed by atoms with Crippen LogP contribution < -0.4 is 4.74 Å². The number of hydrogen-bond donors (Lipinski definition) is 0. The number of aromatic nitrogens is 3. The van der Waals surface area contributed by atoms with Crippen molar-refractivity contribution < 1.29 is 4.74 Å². The Kier molecular flexibility index (Phi) is 5.58. The molecule has 0 aliphatic heterocycles. The zero-order valence-corrected chi connectivity index (χ0v) is 16.0. The molecule has 1 heterocycles. The molecule has 0 aliphatic carbocycles. The number of hydrogen-bond acceptors (Lipinski definition) is 4.